The first-order chi connectivity index (χ1) is 10.6. The van der Waals surface area contributed by atoms with Gasteiger partial charge >= 0.3 is 0 Å². The van der Waals surface area contributed by atoms with Crippen LogP contribution in [-0.2, 0) is 13.1 Å². The summed E-state index contributed by atoms with van der Waals surface area (Å²) in [5.41, 5.74) is 5.17. The zero-order valence-corrected chi connectivity index (χ0v) is 13.0. The molecule has 6 nitrogen and oxygen atoms in total. The van der Waals surface area contributed by atoms with Crippen LogP contribution in [0.15, 0.2) is 41.3 Å². The van der Waals surface area contributed by atoms with Crippen molar-refractivity contribution in [3.05, 3.63) is 59.2 Å². The van der Waals surface area contributed by atoms with Gasteiger partial charge in [-0.1, -0.05) is 28.5 Å². The van der Waals surface area contributed by atoms with Crippen LogP contribution in [0.1, 0.15) is 22.5 Å². The molecule has 0 aliphatic heterocycles. The van der Waals surface area contributed by atoms with Crippen LogP contribution in [0, 0.1) is 13.8 Å². The van der Waals surface area contributed by atoms with Crippen LogP contribution in [0.25, 0.3) is 5.69 Å². The second-order valence-electron chi connectivity index (χ2n) is 5.55. The molecule has 0 N–H and O–H groups in total. The molecule has 114 valence electrons. The molecular formula is C16H19N5O. The van der Waals surface area contributed by atoms with Gasteiger partial charge in [-0.2, -0.15) is 5.10 Å². The van der Waals surface area contributed by atoms with Gasteiger partial charge in [0, 0.05) is 24.8 Å². The summed E-state index contributed by atoms with van der Waals surface area (Å²) in [5, 5.41) is 12.2. The number of hydrogen-bond donors (Lipinski definition) is 0. The zero-order chi connectivity index (χ0) is 15.5. The molecule has 0 radical (unpaired) electrons. The van der Waals surface area contributed by atoms with E-state index in [4.69, 9.17) is 4.63 Å². The fourth-order valence-electron chi connectivity index (χ4n) is 2.41. The highest BCUT2D eigenvalue weighted by Crippen LogP contribution is 2.14. The minimum atomic E-state index is 0.699. The minimum Gasteiger partial charge on any atom is -0.296 e. The lowest BCUT2D eigenvalue weighted by molar-refractivity contribution is 0.279. The first-order valence-corrected chi connectivity index (χ1v) is 7.19. The fraction of sp³-hybridized carbons (Fsp3) is 0.312. The number of hydrogen-bond acceptors (Lipinski definition) is 5. The summed E-state index contributed by atoms with van der Waals surface area (Å²) in [6.45, 7) is 5.47. The summed E-state index contributed by atoms with van der Waals surface area (Å²) >= 11 is 0. The molecule has 22 heavy (non-hydrogen) atoms. The van der Waals surface area contributed by atoms with Crippen molar-refractivity contribution in [3.63, 3.8) is 0 Å². The van der Waals surface area contributed by atoms with E-state index < -0.39 is 0 Å². The topological polar surface area (TPSA) is 60.0 Å². The van der Waals surface area contributed by atoms with Crippen molar-refractivity contribution < 1.29 is 4.63 Å². The Morgan fingerprint density at radius 1 is 1.14 bits per heavy atom. The first kappa shape index (κ1) is 14.5. The molecule has 0 fully saturated rings. The van der Waals surface area contributed by atoms with Gasteiger partial charge < -0.3 is 0 Å². The Labute approximate surface area is 129 Å². The van der Waals surface area contributed by atoms with Gasteiger partial charge in [-0.15, -0.1) is 0 Å². The van der Waals surface area contributed by atoms with Crippen LogP contribution in [0.2, 0.25) is 0 Å². The molecule has 0 atom stereocenters. The second-order valence-corrected chi connectivity index (χ2v) is 5.55. The van der Waals surface area contributed by atoms with Crippen molar-refractivity contribution in [1.29, 1.82) is 0 Å². The average Bonchev–Trinajstić information content (AvgIpc) is 3.10. The Kier molecular flexibility index (Phi) is 4.02. The number of rotatable bonds is 5. The molecular weight excluding hydrogens is 278 g/mol. The van der Waals surface area contributed by atoms with E-state index in [0.29, 0.717) is 6.54 Å². The van der Waals surface area contributed by atoms with E-state index in [1.165, 1.54) is 5.56 Å². The SMILES string of the molecule is Cc1ccccc1-n1cc(CN(C)Cc2nonc2C)cn1. The van der Waals surface area contributed by atoms with Crippen LogP contribution in [0.4, 0.5) is 0 Å². The minimum absolute atomic E-state index is 0.699. The molecule has 0 saturated heterocycles. The number of benzene rings is 1. The summed E-state index contributed by atoms with van der Waals surface area (Å²) in [6.07, 6.45) is 3.96. The van der Waals surface area contributed by atoms with Gasteiger partial charge in [-0.25, -0.2) is 9.31 Å². The van der Waals surface area contributed by atoms with Crippen LogP contribution in [0.5, 0.6) is 0 Å². The molecule has 1 aromatic carbocycles. The van der Waals surface area contributed by atoms with Crippen molar-refractivity contribution in [3.8, 4) is 5.69 Å². The zero-order valence-electron chi connectivity index (χ0n) is 13.0. The van der Waals surface area contributed by atoms with Crippen LogP contribution in [-0.4, -0.2) is 32.0 Å². The van der Waals surface area contributed by atoms with Crippen molar-refractivity contribution in [1.82, 2.24) is 25.0 Å². The maximum Gasteiger partial charge on any atom is 0.122 e. The largest absolute Gasteiger partial charge is 0.296 e. The smallest absolute Gasteiger partial charge is 0.122 e. The first-order valence-electron chi connectivity index (χ1n) is 7.19. The molecule has 0 unspecified atom stereocenters. The van der Waals surface area contributed by atoms with Crippen molar-refractivity contribution in [2.75, 3.05) is 7.05 Å². The normalized spacial score (nSPS) is 11.3. The highest BCUT2D eigenvalue weighted by Gasteiger charge is 2.10. The van der Waals surface area contributed by atoms with Crippen LogP contribution >= 0.6 is 0 Å². The molecule has 3 aromatic rings. The van der Waals surface area contributed by atoms with E-state index in [1.54, 1.807) is 0 Å². The Hall–Kier alpha value is -2.47. The van der Waals surface area contributed by atoms with Gasteiger partial charge in [0.15, 0.2) is 0 Å². The second kappa shape index (κ2) is 6.11. The maximum atomic E-state index is 4.73. The van der Waals surface area contributed by atoms with E-state index in [9.17, 15) is 0 Å². The summed E-state index contributed by atoms with van der Waals surface area (Å²) in [7, 11) is 2.04. The molecule has 0 amide bonds. The third-order valence-electron chi connectivity index (χ3n) is 3.62. The van der Waals surface area contributed by atoms with Gasteiger partial charge in [0.1, 0.15) is 11.4 Å². The summed E-state index contributed by atoms with van der Waals surface area (Å²) < 4.78 is 6.65. The lowest BCUT2D eigenvalue weighted by atomic mass is 10.2. The molecule has 0 aliphatic carbocycles. The maximum absolute atomic E-state index is 4.73. The van der Waals surface area contributed by atoms with Gasteiger partial charge in [0.05, 0.1) is 11.9 Å². The van der Waals surface area contributed by atoms with E-state index in [-0.39, 0.29) is 0 Å². The molecule has 0 spiro atoms. The fourth-order valence-corrected chi connectivity index (χ4v) is 2.41. The lowest BCUT2D eigenvalue weighted by Crippen LogP contribution is -2.17. The summed E-state index contributed by atoms with van der Waals surface area (Å²) in [6, 6.07) is 8.21. The van der Waals surface area contributed by atoms with Gasteiger partial charge in [0.25, 0.3) is 0 Å². The van der Waals surface area contributed by atoms with Crippen molar-refractivity contribution in [2.24, 2.45) is 0 Å². The molecule has 6 heteroatoms. The quantitative estimate of drug-likeness (QED) is 0.724. The standard InChI is InChI=1S/C16H19N5O/c1-12-6-4-5-7-16(12)21-10-14(8-17-21)9-20(3)11-15-13(2)18-22-19-15/h4-8,10H,9,11H2,1-3H3. The Bertz CT molecular complexity index is 761. The highest BCUT2D eigenvalue weighted by molar-refractivity contribution is 5.39. The van der Waals surface area contributed by atoms with Gasteiger partial charge in [-0.05, 0) is 32.5 Å². The third kappa shape index (κ3) is 3.07. The number of nitrogens with zero attached hydrogens (tertiary/aromatic N) is 5. The van der Waals surface area contributed by atoms with Crippen molar-refractivity contribution in [2.45, 2.75) is 26.9 Å². The van der Waals surface area contributed by atoms with E-state index in [1.807, 2.05) is 37.0 Å². The highest BCUT2D eigenvalue weighted by atomic mass is 16.6. The Morgan fingerprint density at radius 2 is 1.95 bits per heavy atom. The predicted octanol–water partition coefficient (Wildman–Crippen LogP) is 2.50. The van der Waals surface area contributed by atoms with Crippen LogP contribution in [0.3, 0.4) is 0 Å². The molecule has 0 bridgehead atoms. The van der Waals surface area contributed by atoms with Gasteiger partial charge in [0.2, 0.25) is 0 Å². The molecule has 0 aliphatic rings. The number of para-hydroxylation sites is 1. The predicted molar refractivity (Wildman–Crippen MR) is 82.5 cm³/mol. The third-order valence-corrected chi connectivity index (χ3v) is 3.62. The lowest BCUT2D eigenvalue weighted by Gasteiger charge is -2.13. The molecule has 2 heterocycles. The average molecular weight is 297 g/mol. The number of aromatic nitrogens is 4. The monoisotopic (exact) mass is 297 g/mol. The molecule has 0 saturated carbocycles. The Morgan fingerprint density at radius 3 is 2.68 bits per heavy atom. The summed E-state index contributed by atoms with van der Waals surface area (Å²) in [4.78, 5) is 2.16. The van der Waals surface area contributed by atoms with Gasteiger partial charge in [-0.3, -0.25) is 4.90 Å². The van der Waals surface area contributed by atoms with E-state index in [0.717, 1.165) is 29.2 Å². The van der Waals surface area contributed by atoms with Crippen molar-refractivity contribution >= 4 is 0 Å². The van der Waals surface area contributed by atoms with E-state index in [2.05, 4.69) is 45.6 Å². The molecule has 3 rings (SSSR count). The van der Waals surface area contributed by atoms with E-state index >= 15 is 0 Å². The van der Waals surface area contributed by atoms with Crippen LogP contribution < -0.4 is 0 Å². The summed E-state index contributed by atoms with van der Waals surface area (Å²) in [5.74, 6) is 0. The molecule has 2 aromatic heterocycles. The number of aryl methyl sites for hydroxylation is 2. The Balaban J connectivity index is 1.69.